The van der Waals surface area contributed by atoms with Gasteiger partial charge in [0.15, 0.2) is 6.10 Å². The Labute approximate surface area is 351 Å². The molecular weight excluding hydrogens is 753 g/mol. The summed E-state index contributed by atoms with van der Waals surface area (Å²) in [5.41, 5.74) is 5.34. The summed E-state index contributed by atoms with van der Waals surface area (Å²) in [4.78, 5) is 34.8. The average Bonchev–Trinajstić information content (AvgIpc) is 3.21. The zero-order valence-electron chi connectivity index (χ0n) is 35.6. The number of nitrogens with two attached hydrogens (primary N) is 1. The van der Waals surface area contributed by atoms with Gasteiger partial charge < -0.3 is 25.2 Å². The van der Waals surface area contributed by atoms with Gasteiger partial charge in [0.1, 0.15) is 6.61 Å². The Morgan fingerprint density at radius 1 is 0.603 bits per heavy atom. The number of aliphatic hydroxyl groups is 1. The van der Waals surface area contributed by atoms with Gasteiger partial charge in [-0.1, -0.05) is 142 Å². The molecule has 0 fully saturated rings. The lowest BCUT2D eigenvalue weighted by molar-refractivity contribution is -0.161. The molecule has 0 aromatic rings. The summed E-state index contributed by atoms with van der Waals surface area (Å²) in [6, 6.07) is 0. The first kappa shape index (κ1) is 54.6. The van der Waals surface area contributed by atoms with E-state index in [0.717, 1.165) is 89.9 Å². The first-order chi connectivity index (χ1) is 28.2. The molecule has 0 aliphatic carbocycles. The van der Waals surface area contributed by atoms with Crippen LogP contribution in [0.1, 0.15) is 136 Å². The molecule has 0 aromatic carbocycles. The molecule has 1 unspecified atom stereocenters. The topological polar surface area (TPSA) is 155 Å². The molecule has 328 valence electrons. The highest BCUT2D eigenvalue weighted by atomic mass is 31.2. The van der Waals surface area contributed by atoms with Gasteiger partial charge in [-0.2, -0.15) is 0 Å². The fourth-order valence-electron chi connectivity index (χ4n) is 5.02. The molecule has 10 nitrogen and oxygen atoms in total. The van der Waals surface area contributed by atoms with Crippen molar-refractivity contribution in [1.82, 2.24) is 0 Å². The van der Waals surface area contributed by atoms with E-state index in [1.165, 1.54) is 0 Å². The number of carbonyl (C=O) groups excluding carboxylic acids is 2. The van der Waals surface area contributed by atoms with Crippen molar-refractivity contribution < 1.29 is 42.7 Å². The van der Waals surface area contributed by atoms with Gasteiger partial charge in [-0.3, -0.25) is 18.6 Å². The molecular formula is C47H76NO9P. The highest BCUT2D eigenvalue weighted by Gasteiger charge is 2.25. The molecule has 0 amide bonds. The lowest BCUT2D eigenvalue weighted by Gasteiger charge is -2.19. The van der Waals surface area contributed by atoms with Crippen molar-refractivity contribution in [3.8, 4) is 0 Å². The second-order valence-corrected chi connectivity index (χ2v) is 15.1. The van der Waals surface area contributed by atoms with Crippen molar-refractivity contribution in [2.75, 3.05) is 26.4 Å². The number of phosphoric ester groups is 1. The maximum absolute atomic E-state index is 12.6. The number of hydrogen-bond donors (Lipinski definition) is 3. The first-order valence-corrected chi connectivity index (χ1v) is 22.9. The molecule has 0 aromatic heterocycles. The van der Waals surface area contributed by atoms with Gasteiger partial charge >= 0.3 is 19.8 Å². The highest BCUT2D eigenvalue weighted by molar-refractivity contribution is 7.47. The van der Waals surface area contributed by atoms with E-state index in [2.05, 4.69) is 98.9 Å². The summed E-state index contributed by atoms with van der Waals surface area (Å²) in [5, 5.41) is 9.81. The van der Waals surface area contributed by atoms with Crippen LogP contribution in [0, 0.1) is 0 Å². The third-order valence-electron chi connectivity index (χ3n) is 8.21. The van der Waals surface area contributed by atoms with Crippen LogP contribution in [0.3, 0.4) is 0 Å². The molecule has 0 aliphatic rings. The molecule has 0 saturated carbocycles. The van der Waals surface area contributed by atoms with E-state index in [0.29, 0.717) is 19.3 Å². The van der Waals surface area contributed by atoms with Gasteiger partial charge in [0.05, 0.1) is 19.3 Å². The summed E-state index contributed by atoms with van der Waals surface area (Å²) >= 11 is 0. The van der Waals surface area contributed by atoms with Crippen molar-refractivity contribution in [2.45, 2.75) is 148 Å². The Hall–Kier alpha value is -3.37. The zero-order valence-corrected chi connectivity index (χ0v) is 36.5. The van der Waals surface area contributed by atoms with E-state index in [1.807, 2.05) is 24.3 Å². The van der Waals surface area contributed by atoms with Gasteiger partial charge in [-0.15, -0.1) is 0 Å². The lowest BCUT2D eigenvalue weighted by Crippen LogP contribution is -2.29. The normalized spacial score (nSPS) is 14.9. The third-order valence-corrected chi connectivity index (χ3v) is 9.20. The Bertz CT molecular complexity index is 1330. The number of carbonyl (C=O) groups is 2. The Kier molecular flexibility index (Phi) is 39.4. The summed E-state index contributed by atoms with van der Waals surface area (Å²) in [6.07, 6.45) is 51.7. The first-order valence-electron chi connectivity index (χ1n) is 21.5. The van der Waals surface area contributed by atoms with Crippen LogP contribution in [0.25, 0.3) is 0 Å². The van der Waals surface area contributed by atoms with E-state index in [9.17, 15) is 24.2 Å². The number of unbranched alkanes of at least 4 members (excludes halogenated alkanes) is 5. The fourth-order valence-corrected chi connectivity index (χ4v) is 5.79. The Morgan fingerprint density at radius 2 is 1.10 bits per heavy atom. The minimum atomic E-state index is -4.42. The van der Waals surface area contributed by atoms with Crippen LogP contribution in [0.2, 0.25) is 0 Å². The van der Waals surface area contributed by atoms with Crippen LogP contribution in [-0.2, 0) is 32.7 Å². The SMILES string of the molecule is CC/C=C\C/C=C\C/C=C\C/C=C\C/C=C\CCCCCC(=O)OC[C@H](COP(=O)(O)OCCN)OC(=O)CCC/C=C\C/C=C\C/C=C\C/C=C\[C@H](O)CCCC. The molecule has 0 radical (unpaired) electrons. The quantitative estimate of drug-likeness (QED) is 0.0237. The molecule has 3 atom stereocenters. The third kappa shape index (κ3) is 40.8. The molecule has 0 saturated heterocycles. The molecule has 0 heterocycles. The van der Waals surface area contributed by atoms with Crippen LogP contribution < -0.4 is 5.73 Å². The predicted octanol–water partition coefficient (Wildman–Crippen LogP) is 11.4. The predicted molar refractivity (Wildman–Crippen MR) is 239 cm³/mol. The molecule has 4 N–H and O–H groups in total. The number of esters is 2. The summed E-state index contributed by atoms with van der Waals surface area (Å²) in [7, 11) is -4.42. The number of allylic oxidation sites excluding steroid dienone is 17. The van der Waals surface area contributed by atoms with Crippen molar-refractivity contribution in [2.24, 2.45) is 5.73 Å². The zero-order chi connectivity index (χ0) is 42.6. The largest absolute Gasteiger partial charge is 0.472 e. The second-order valence-electron chi connectivity index (χ2n) is 13.6. The second kappa shape index (κ2) is 41.8. The van der Waals surface area contributed by atoms with Gasteiger partial charge in [-0.05, 0) is 89.9 Å². The minimum Gasteiger partial charge on any atom is -0.462 e. The van der Waals surface area contributed by atoms with Crippen molar-refractivity contribution in [1.29, 1.82) is 0 Å². The number of ether oxygens (including phenoxy) is 2. The molecule has 0 aliphatic heterocycles. The summed E-state index contributed by atoms with van der Waals surface area (Å²) < 4.78 is 32.6. The maximum Gasteiger partial charge on any atom is 0.472 e. The number of phosphoric acid groups is 1. The molecule has 11 heteroatoms. The minimum absolute atomic E-state index is 0.0265. The van der Waals surface area contributed by atoms with Crippen LogP contribution in [0.4, 0.5) is 0 Å². The Morgan fingerprint density at radius 3 is 1.64 bits per heavy atom. The van der Waals surface area contributed by atoms with Crippen LogP contribution >= 0.6 is 7.82 Å². The monoisotopic (exact) mass is 830 g/mol. The fraction of sp³-hybridized carbons (Fsp3) is 0.574. The standard InChI is InChI=1S/C47H76NO9P/c1-3-5-7-8-9-10-11-12-13-14-15-16-17-18-22-25-28-31-34-38-46(50)54-42-45(43-56-58(52,53)55-41-40-48)57-47(51)39-35-32-29-26-23-20-19-21-24-27-30-33-37-44(49)36-6-4-2/h5,7,9-10,12-13,15-16,18-20,22,24,26-27,29,33,37,44-45,49H,3-4,6,8,11,14,17,21,23,25,28,30-32,34-36,38-43,48H2,1-2H3,(H,52,53)/b7-5-,10-9-,13-12-,16-15-,20-19-,22-18-,27-24-,29-26-,37-33-/t44-,45-/m1/s1. The van der Waals surface area contributed by atoms with E-state index in [-0.39, 0.29) is 38.7 Å². The van der Waals surface area contributed by atoms with Gasteiger partial charge in [0.25, 0.3) is 0 Å². The van der Waals surface area contributed by atoms with Crippen LogP contribution in [0.5, 0.6) is 0 Å². The van der Waals surface area contributed by atoms with E-state index < -0.39 is 32.5 Å². The van der Waals surface area contributed by atoms with E-state index in [1.54, 1.807) is 0 Å². The van der Waals surface area contributed by atoms with Crippen LogP contribution in [-0.4, -0.2) is 60.5 Å². The van der Waals surface area contributed by atoms with Crippen molar-refractivity contribution in [3.05, 3.63) is 109 Å². The van der Waals surface area contributed by atoms with E-state index in [4.69, 9.17) is 24.3 Å². The van der Waals surface area contributed by atoms with Crippen LogP contribution in [0.15, 0.2) is 109 Å². The molecule has 0 bridgehead atoms. The van der Waals surface area contributed by atoms with Gasteiger partial charge in [-0.25, -0.2) is 4.57 Å². The maximum atomic E-state index is 12.6. The van der Waals surface area contributed by atoms with E-state index >= 15 is 0 Å². The van der Waals surface area contributed by atoms with Crippen molar-refractivity contribution >= 4 is 19.8 Å². The number of hydrogen-bond acceptors (Lipinski definition) is 9. The number of rotatable bonds is 38. The summed E-state index contributed by atoms with van der Waals surface area (Å²) in [6.45, 7) is 3.31. The smallest absolute Gasteiger partial charge is 0.462 e. The average molecular weight is 830 g/mol. The molecule has 0 rings (SSSR count). The van der Waals surface area contributed by atoms with Gasteiger partial charge in [0.2, 0.25) is 0 Å². The summed E-state index contributed by atoms with van der Waals surface area (Å²) in [5.74, 6) is -0.968. The number of aliphatic hydroxyl groups excluding tert-OH is 1. The lowest BCUT2D eigenvalue weighted by atomic mass is 10.1. The van der Waals surface area contributed by atoms with Gasteiger partial charge in [0, 0.05) is 19.4 Å². The Balaban J connectivity index is 4.38. The van der Waals surface area contributed by atoms with Crippen molar-refractivity contribution in [3.63, 3.8) is 0 Å². The highest BCUT2D eigenvalue weighted by Crippen LogP contribution is 2.43. The molecule has 0 spiro atoms. The molecule has 58 heavy (non-hydrogen) atoms.